The number of phenolic OH excluding ortho intramolecular Hbond substituents is 1. The third-order valence-electron chi connectivity index (χ3n) is 5.03. The van der Waals surface area contributed by atoms with Gasteiger partial charge >= 0.3 is 5.97 Å². The van der Waals surface area contributed by atoms with Crippen molar-refractivity contribution in [2.24, 2.45) is 12.2 Å². The summed E-state index contributed by atoms with van der Waals surface area (Å²) in [5.41, 5.74) is 0.760. The molecule has 0 aliphatic carbocycles. The van der Waals surface area contributed by atoms with E-state index in [4.69, 9.17) is 4.84 Å². The predicted molar refractivity (Wildman–Crippen MR) is 121 cm³/mol. The molecular weight excluding hydrogens is 486 g/mol. The van der Waals surface area contributed by atoms with Crippen LogP contribution in [-0.2, 0) is 26.3 Å². The number of nitrogens with one attached hydrogen (secondary N) is 1. The third-order valence-corrected chi connectivity index (χ3v) is 7.47. The van der Waals surface area contributed by atoms with Crippen molar-refractivity contribution in [1.29, 1.82) is 0 Å². The Morgan fingerprint density at radius 2 is 2.09 bits per heavy atom. The fourth-order valence-electron chi connectivity index (χ4n) is 3.43. The molecule has 1 fully saturated rings. The number of hydrogen-bond acceptors (Lipinski definition) is 11. The summed E-state index contributed by atoms with van der Waals surface area (Å²) in [6.45, 7) is 0. The van der Waals surface area contributed by atoms with Crippen molar-refractivity contribution in [3.8, 4) is 5.75 Å². The molecule has 2 aromatic rings. The van der Waals surface area contributed by atoms with E-state index in [0.717, 1.165) is 0 Å². The van der Waals surface area contributed by atoms with Crippen LogP contribution in [0.1, 0.15) is 5.56 Å². The number of phenols is 1. The lowest BCUT2D eigenvalue weighted by molar-refractivity contribution is -0.150. The first-order valence-corrected chi connectivity index (χ1v) is 11.8. The maximum Gasteiger partial charge on any atom is 0.352 e. The van der Waals surface area contributed by atoms with Crippen LogP contribution in [0.25, 0.3) is 0 Å². The number of β-lactam (4-membered cyclic amide) rings is 1. The predicted octanol–water partition coefficient (Wildman–Crippen LogP) is -0.203. The molecule has 1 aromatic heterocycles. The molecule has 2 amide bonds. The van der Waals surface area contributed by atoms with Crippen molar-refractivity contribution in [3.63, 3.8) is 0 Å². The highest BCUT2D eigenvalue weighted by Crippen LogP contribution is 2.41. The first kappa shape index (κ1) is 23.6. The van der Waals surface area contributed by atoms with Crippen LogP contribution in [0, 0.1) is 0 Å². The number of aryl methyl sites for hydroxylation is 1. The fraction of sp³-hybridized carbons (Fsp3) is 0.316. The number of carboxylic acids is 1. The Hall–Kier alpha value is -3.59. The average molecular weight is 506 g/mol. The highest BCUT2D eigenvalue weighted by Gasteiger charge is 2.54. The van der Waals surface area contributed by atoms with Gasteiger partial charge < -0.3 is 20.4 Å². The van der Waals surface area contributed by atoms with Gasteiger partial charge in [0.25, 0.3) is 11.8 Å². The summed E-state index contributed by atoms with van der Waals surface area (Å²) in [6, 6.07) is 4.82. The van der Waals surface area contributed by atoms with Gasteiger partial charge in [-0.25, -0.2) is 9.48 Å². The van der Waals surface area contributed by atoms with Gasteiger partial charge in [-0.1, -0.05) is 16.9 Å². The molecule has 178 valence electrons. The molecule has 3 heterocycles. The molecular formula is C19H19N7O6S2. The standard InChI is InChI=1S/C19H19N7O6S2/c1-25-19(21-23-24-25)34-8-10-7-33-17-13(16(29)26(17)14(10)18(30)31)20-15(28)12(22-32-2)9-3-5-11(27)6-4-9/h3-6,13,17,27H,7-8H2,1-2H3,(H,20,28)(H,30,31)/t13?,17-/m0/s1. The van der Waals surface area contributed by atoms with Crippen LogP contribution < -0.4 is 5.32 Å². The molecule has 15 heteroatoms. The fourth-order valence-corrected chi connectivity index (χ4v) is 5.77. The van der Waals surface area contributed by atoms with Gasteiger partial charge in [-0.3, -0.25) is 14.5 Å². The highest BCUT2D eigenvalue weighted by molar-refractivity contribution is 8.01. The van der Waals surface area contributed by atoms with Crippen molar-refractivity contribution in [2.75, 3.05) is 18.6 Å². The quantitative estimate of drug-likeness (QED) is 0.188. The number of aromatic hydroxyl groups is 1. The first-order chi connectivity index (χ1) is 16.3. The van der Waals surface area contributed by atoms with Crippen molar-refractivity contribution >= 4 is 47.0 Å². The van der Waals surface area contributed by atoms with Crippen LogP contribution in [0.2, 0.25) is 0 Å². The number of carbonyl (C=O) groups is 3. The lowest BCUT2D eigenvalue weighted by Gasteiger charge is -2.49. The Morgan fingerprint density at radius 3 is 2.71 bits per heavy atom. The largest absolute Gasteiger partial charge is 0.508 e. The number of tetrazole rings is 1. The number of oxime groups is 1. The SMILES string of the molecule is CON=C(C(=O)NC1C(=O)N2C(C(=O)O)=C(CSc3nnnn3C)CS[C@@H]12)c1ccc(O)cc1. The number of hydrogen-bond donors (Lipinski definition) is 3. The lowest BCUT2D eigenvalue weighted by atomic mass is 10.0. The van der Waals surface area contributed by atoms with Gasteiger partial charge in [0, 0.05) is 24.1 Å². The molecule has 0 saturated carbocycles. The van der Waals surface area contributed by atoms with E-state index >= 15 is 0 Å². The zero-order valence-electron chi connectivity index (χ0n) is 17.9. The molecule has 13 nitrogen and oxygen atoms in total. The van der Waals surface area contributed by atoms with Gasteiger partial charge in [0.2, 0.25) is 5.16 Å². The van der Waals surface area contributed by atoms with Gasteiger partial charge in [0.1, 0.15) is 30.0 Å². The molecule has 2 aliphatic rings. The topological polar surface area (TPSA) is 172 Å². The maximum atomic E-state index is 12.9. The molecule has 0 radical (unpaired) electrons. The molecule has 0 spiro atoms. The minimum absolute atomic E-state index is 0.0155. The summed E-state index contributed by atoms with van der Waals surface area (Å²) < 4.78 is 1.47. The van der Waals surface area contributed by atoms with E-state index in [0.29, 0.717) is 27.8 Å². The smallest absolute Gasteiger partial charge is 0.352 e. The Labute approximate surface area is 201 Å². The molecule has 34 heavy (non-hydrogen) atoms. The van der Waals surface area contributed by atoms with Crippen LogP contribution in [0.3, 0.4) is 0 Å². The second-order valence-corrected chi connectivity index (χ2v) is 9.21. The molecule has 2 aliphatic heterocycles. The number of rotatable bonds is 8. The molecule has 3 N–H and O–H groups in total. The van der Waals surface area contributed by atoms with Crippen molar-refractivity contribution < 1.29 is 29.4 Å². The molecule has 1 aromatic carbocycles. The Kier molecular flexibility index (Phi) is 6.74. The number of aromatic nitrogens is 4. The maximum absolute atomic E-state index is 12.9. The molecule has 0 bridgehead atoms. The Balaban J connectivity index is 1.49. The van der Waals surface area contributed by atoms with Crippen LogP contribution in [0.4, 0.5) is 0 Å². The van der Waals surface area contributed by atoms with Crippen molar-refractivity contribution in [3.05, 3.63) is 41.1 Å². The zero-order chi connectivity index (χ0) is 24.4. The van der Waals surface area contributed by atoms with Gasteiger partial charge in [-0.05, 0) is 40.3 Å². The lowest BCUT2D eigenvalue weighted by Crippen LogP contribution is -2.71. The van der Waals surface area contributed by atoms with E-state index in [2.05, 4.69) is 26.0 Å². The van der Waals surface area contributed by atoms with Gasteiger partial charge in [0.05, 0.1) is 0 Å². The molecule has 1 unspecified atom stereocenters. The van der Waals surface area contributed by atoms with Crippen LogP contribution in [-0.4, -0.2) is 88.8 Å². The summed E-state index contributed by atoms with van der Waals surface area (Å²) >= 11 is 2.62. The summed E-state index contributed by atoms with van der Waals surface area (Å²) in [6.07, 6.45) is 0. The number of thioether (sulfide) groups is 2. The molecule has 4 rings (SSSR count). The minimum Gasteiger partial charge on any atom is -0.508 e. The summed E-state index contributed by atoms with van der Waals surface area (Å²) in [5.74, 6) is -1.75. The number of carboxylic acid groups (broad SMARTS) is 1. The monoisotopic (exact) mass is 505 g/mol. The Bertz CT molecular complexity index is 1200. The first-order valence-electron chi connectivity index (χ1n) is 9.78. The number of aliphatic carboxylic acids is 1. The van der Waals surface area contributed by atoms with E-state index < -0.39 is 29.2 Å². The minimum atomic E-state index is -1.22. The number of nitrogens with zero attached hydrogens (tertiary/aromatic N) is 6. The van der Waals surface area contributed by atoms with Crippen molar-refractivity contribution in [1.82, 2.24) is 30.4 Å². The van der Waals surface area contributed by atoms with Gasteiger partial charge in [0.15, 0.2) is 5.71 Å². The van der Waals surface area contributed by atoms with Crippen molar-refractivity contribution in [2.45, 2.75) is 16.6 Å². The van der Waals surface area contributed by atoms with E-state index in [1.165, 1.54) is 64.5 Å². The highest BCUT2D eigenvalue weighted by atomic mass is 32.2. The van der Waals surface area contributed by atoms with Crippen LogP contribution in [0.5, 0.6) is 5.75 Å². The summed E-state index contributed by atoms with van der Waals surface area (Å²) in [4.78, 5) is 43.7. The van der Waals surface area contributed by atoms with Crippen LogP contribution in [0.15, 0.2) is 45.8 Å². The summed E-state index contributed by atoms with van der Waals surface area (Å²) in [5, 5.41) is 36.7. The number of amides is 2. The second kappa shape index (κ2) is 9.72. The number of benzene rings is 1. The second-order valence-electron chi connectivity index (χ2n) is 7.16. The van der Waals surface area contributed by atoms with E-state index in [9.17, 15) is 24.6 Å². The third kappa shape index (κ3) is 4.43. The number of fused-ring (bicyclic) bond motifs is 1. The van der Waals surface area contributed by atoms with E-state index in [1.807, 2.05) is 0 Å². The normalized spacial score (nSPS) is 20.0. The molecule has 1 saturated heterocycles. The van der Waals surface area contributed by atoms with E-state index in [-0.39, 0.29) is 17.2 Å². The number of carbonyl (C=O) groups excluding carboxylic acids is 2. The summed E-state index contributed by atoms with van der Waals surface area (Å²) in [7, 11) is 2.95. The van der Waals surface area contributed by atoms with Gasteiger partial charge in [-0.2, -0.15) is 0 Å². The van der Waals surface area contributed by atoms with Gasteiger partial charge in [-0.15, -0.1) is 16.9 Å². The van der Waals surface area contributed by atoms with Crippen LogP contribution >= 0.6 is 23.5 Å². The zero-order valence-corrected chi connectivity index (χ0v) is 19.5. The Morgan fingerprint density at radius 1 is 1.35 bits per heavy atom. The molecule has 2 atom stereocenters. The average Bonchev–Trinajstić information content (AvgIpc) is 3.23. The van der Waals surface area contributed by atoms with E-state index in [1.54, 1.807) is 7.05 Å².